The molecule has 2 aromatic carbocycles. The number of carbonyl (C=O) groups is 1. The highest BCUT2D eigenvalue weighted by Gasteiger charge is 2.18. The van der Waals surface area contributed by atoms with Crippen LogP contribution in [0.2, 0.25) is 0 Å². The van der Waals surface area contributed by atoms with Crippen LogP contribution in [0.15, 0.2) is 53.3 Å². The lowest BCUT2D eigenvalue weighted by Gasteiger charge is -2.22. The van der Waals surface area contributed by atoms with Gasteiger partial charge in [-0.25, -0.2) is 0 Å². The number of hydrogen-bond acceptors (Lipinski definition) is 4. The van der Waals surface area contributed by atoms with Crippen molar-refractivity contribution in [1.82, 2.24) is 9.88 Å². The maximum atomic E-state index is 13.1. The molecule has 0 fully saturated rings. The highest BCUT2D eigenvalue weighted by atomic mass is 16.5. The first kappa shape index (κ1) is 19.5. The predicted octanol–water partition coefficient (Wildman–Crippen LogP) is 3.39. The summed E-state index contributed by atoms with van der Waals surface area (Å²) in [7, 11) is 1.60. The van der Waals surface area contributed by atoms with Crippen LogP contribution >= 0.6 is 0 Å². The molecule has 1 heterocycles. The Hall–Kier alpha value is -3.28. The minimum absolute atomic E-state index is 0.182. The summed E-state index contributed by atoms with van der Waals surface area (Å²) in [5, 5.41) is 0.747. The molecular formula is C22H24N2O4. The fraction of sp³-hybridized carbons (Fsp3) is 0.273. The average molecular weight is 380 g/mol. The van der Waals surface area contributed by atoms with E-state index in [1.54, 1.807) is 18.1 Å². The Morgan fingerprint density at radius 2 is 1.89 bits per heavy atom. The van der Waals surface area contributed by atoms with Gasteiger partial charge in [0.05, 0.1) is 19.2 Å². The highest BCUT2D eigenvalue weighted by Crippen LogP contribution is 2.20. The number of fused-ring (bicyclic) bond motifs is 1. The Kier molecular flexibility index (Phi) is 5.99. The summed E-state index contributed by atoms with van der Waals surface area (Å²) < 4.78 is 10.9. The Bertz CT molecular complexity index is 1040. The van der Waals surface area contributed by atoms with Gasteiger partial charge >= 0.3 is 0 Å². The first-order valence-corrected chi connectivity index (χ1v) is 9.21. The fourth-order valence-electron chi connectivity index (χ4n) is 3.08. The molecule has 146 valence electrons. The molecule has 6 heteroatoms. The number of H-pyrrole nitrogens is 1. The lowest BCUT2D eigenvalue weighted by molar-refractivity contribution is 0.0741. The normalized spacial score (nSPS) is 10.7. The Morgan fingerprint density at radius 1 is 1.11 bits per heavy atom. The van der Waals surface area contributed by atoms with Gasteiger partial charge < -0.3 is 19.4 Å². The van der Waals surface area contributed by atoms with Crippen LogP contribution in [0.1, 0.15) is 22.8 Å². The number of hydrogen-bond donors (Lipinski definition) is 1. The molecule has 1 aromatic heterocycles. The third kappa shape index (κ3) is 4.34. The van der Waals surface area contributed by atoms with Crippen molar-refractivity contribution in [3.63, 3.8) is 0 Å². The summed E-state index contributed by atoms with van der Waals surface area (Å²) in [5.74, 6) is 1.21. The van der Waals surface area contributed by atoms with E-state index in [1.165, 1.54) is 6.07 Å². The van der Waals surface area contributed by atoms with Gasteiger partial charge in [-0.1, -0.05) is 17.7 Å². The number of aromatic amines is 1. The molecule has 0 aliphatic rings. The molecule has 6 nitrogen and oxygen atoms in total. The number of methoxy groups -OCH3 is 1. The molecule has 0 bridgehead atoms. The molecule has 0 atom stereocenters. The van der Waals surface area contributed by atoms with Gasteiger partial charge in [0.1, 0.15) is 18.1 Å². The molecule has 0 radical (unpaired) electrons. The molecule has 0 aliphatic heterocycles. The zero-order chi connectivity index (χ0) is 20.1. The van der Waals surface area contributed by atoms with E-state index in [-0.39, 0.29) is 11.5 Å². The molecule has 1 N–H and O–H groups in total. The van der Waals surface area contributed by atoms with E-state index in [2.05, 4.69) is 4.98 Å². The van der Waals surface area contributed by atoms with E-state index in [0.717, 1.165) is 10.9 Å². The summed E-state index contributed by atoms with van der Waals surface area (Å²) in [6.45, 7) is 5.13. The van der Waals surface area contributed by atoms with Crippen LogP contribution in [0.25, 0.3) is 10.9 Å². The monoisotopic (exact) mass is 380 g/mol. The Labute approximate surface area is 163 Å². The van der Waals surface area contributed by atoms with Crippen LogP contribution in [-0.4, -0.2) is 42.6 Å². The Morgan fingerprint density at radius 3 is 2.64 bits per heavy atom. The number of amides is 1. The van der Waals surface area contributed by atoms with Gasteiger partial charge in [0.15, 0.2) is 0 Å². The molecule has 28 heavy (non-hydrogen) atoms. The second kappa shape index (κ2) is 8.61. The van der Waals surface area contributed by atoms with Crippen molar-refractivity contribution < 1.29 is 14.3 Å². The first-order chi connectivity index (χ1) is 13.5. The van der Waals surface area contributed by atoms with Crippen molar-refractivity contribution in [2.24, 2.45) is 0 Å². The maximum Gasteiger partial charge on any atom is 0.254 e. The summed E-state index contributed by atoms with van der Waals surface area (Å²) in [6, 6.07) is 14.3. The van der Waals surface area contributed by atoms with Crippen molar-refractivity contribution in [3.8, 4) is 11.5 Å². The molecular weight excluding hydrogens is 356 g/mol. The molecule has 0 unspecified atom stereocenters. The van der Waals surface area contributed by atoms with Gasteiger partial charge in [0, 0.05) is 29.6 Å². The summed E-state index contributed by atoms with van der Waals surface area (Å²) in [5.41, 5.74) is 1.80. The lowest BCUT2D eigenvalue weighted by Crippen LogP contribution is -2.35. The largest absolute Gasteiger partial charge is 0.497 e. The Balaban J connectivity index is 1.77. The number of rotatable bonds is 7. The van der Waals surface area contributed by atoms with E-state index < -0.39 is 0 Å². The van der Waals surface area contributed by atoms with Crippen LogP contribution in [0.4, 0.5) is 0 Å². The summed E-state index contributed by atoms with van der Waals surface area (Å²) in [4.78, 5) is 29.6. The number of aromatic nitrogens is 1. The number of benzene rings is 2. The number of aryl methyl sites for hydroxylation is 1. The average Bonchev–Trinajstić information content (AvgIpc) is 2.70. The number of carbonyl (C=O) groups excluding carboxylic acids is 1. The van der Waals surface area contributed by atoms with E-state index in [0.29, 0.717) is 42.3 Å². The molecule has 0 spiro atoms. The number of ether oxygens (including phenoxy) is 2. The van der Waals surface area contributed by atoms with Gasteiger partial charge in [-0.15, -0.1) is 0 Å². The van der Waals surface area contributed by atoms with Crippen molar-refractivity contribution in [3.05, 3.63) is 70.0 Å². The third-order valence-electron chi connectivity index (χ3n) is 4.57. The van der Waals surface area contributed by atoms with Gasteiger partial charge in [-0.05, 0) is 38.1 Å². The van der Waals surface area contributed by atoms with Gasteiger partial charge in [-0.2, -0.15) is 0 Å². The van der Waals surface area contributed by atoms with Gasteiger partial charge in [0.25, 0.3) is 5.91 Å². The van der Waals surface area contributed by atoms with E-state index in [4.69, 9.17) is 9.47 Å². The lowest BCUT2D eigenvalue weighted by atomic mass is 10.1. The van der Waals surface area contributed by atoms with Crippen LogP contribution in [0, 0.1) is 6.92 Å². The van der Waals surface area contributed by atoms with Crippen molar-refractivity contribution >= 4 is 16.8 Å². The minimum Gasteiger partial charge on any atom is -0.497 e. The van der Waals surface area contributed by atoms with Crippen molar-refractivity contribution in [2.45, 2.75) is 13.8 Å². The minimum atomic E-state index is -0.289. The number of pyridine rings is 1. The van der Waals surface area contributed by atoms with E-state index in [1.807, 2.05) is 50.2 Å². The molecule has 0 saturated carbocycles. The van der Waals surface area contributed by atoms with Crippen LogP contribution in [0.5, 0.6) is 11.5 Å². The summed E-state index contributed by atoms with van der Waals surface area (Å²) >= 11 is 0. The molecule has 3 rings (SSSR count). The molecule has 0 saturated heterocycles. The standard InChI is InChI=1S/C22H24N2O4/c1-4-24(10-11-28-17-7-5-6-16(13-17)27-3)22(26)19-14-21(25)23-20-9-8-15(2)12-18(19)20/h5-9,12-14H,4,10-11H2,1-3H3,(H,23,25). The second-order valence-corrected chi connectivity index (χ2v) is 6.51. The predicted molar refractivity (Wildman–Crippen MR) is 109 cm³/mol. The molecule has 1 amide bonds. The molecule has 0 aliphatic carbocycles. The highest BCUT2D eigenvalue weighted by molar-refractivity contribution is 6.06. The van der Waals surface area contributed by atoms with Crippen molar-refractivity contribution in [2.75, 3.05) is 26.8 Å². The zero-order valence-corrected chi connectivity index (χ0v) is 16.3. The SMILES string of the molecule is CCN(CCOc1cccc(OC)c1)C(=O)c1cc(=O)[nH]c2ccc(C)cc12. The number of nitrogens with one attached hydrogen (secondary N) is 1. The van der Waals surface area contributed by atoms with Crippen LogP contribution < -0.4 is 15.0 Å². The summed E-state index contributed by atoms with van der Waals surface area (Å²) in [6.07, 6.45) is 0. The number of likely N-dealkylation sites (N-methyl/N-ethyl adjacent to an activating group) is 1. The van der Waals surface area contributed by atoms with Crippen molar-refractivity contribution in [1.29, 1.82) is 0 Å². The smallest absolute Gasteiger partial charge is 0.254 e. The van der Waals surface area contributed by atoms with Gasteiger partial charge in [-0.3, -0.25) is 9.59 Å². The fourth-order valence-corrected chi connectivity index (χ4v) is 3.08. The van der Waals surface area contributed by atoms with E-state index >= 15 is 0 Å². The first-order valence-electron chi connectivity index (χ1n) is 9.21. The topological polar surface area (TPSA) is 71.6 Å². The van der Waals surface area contributed by atoms with Crippen LogP contribution in [-0.2, 0) is 0 Å². The van der Waals surface area contributed by atoms with Gasteiger partial charge in [0.2, 0.25) is 5.56 Å². The number of nitrogens with zero attached hydrogens (tertiary/aromatic N) is 1. The third-order valence-corrected chi connectivity index (χ3v) is 4.57. The van der Waals surface area contributed by atoms with E-state index in [9.17, 15) is 9.59 Å². The van der Waals surface area contributed by atoms with Crippen LogP contribution in [0.3, 0.4) is 0 Å². The quantitative estimate of drug-likeness (QED) is 0.682. The molecule has 3 aromatic rings. The second-order valence-electron chi connectivity index (χ2n) is 6.51. The maximum absolute atomic E-state index is 13.1. The zero-order valence-electron chi connectivity index (χ0n) is 16.3.